The molecule has 1 saturated heterocycles. The number of nitrogens with one attached hydrogen (secondary N) is 1. The van der Waals surface area contributed by atoms with Crippen LogP contribution in [0.3, 0.4) is 0 Å². The lowest BCUT2D eigenvalue weighted by atomic mass is 10.0. The van der Waals surface area contributed by atoms with E-state index in [1.54, 1.807) is 11.3 Å². The highest BCUT2D eigenvalue weighted by Crippen LogP contribution is 2.31. The summed E-state index contributed by atoms with van der Waals surface area (Å²) in [6.45, 7) is 10.3. The molecule has 1 aromatic rings. The Morgan fingerprint density at radius 1 is 1.43 bits per heavy atom. The normalized spacial score (nSPS) is 22.5. The van der Waals surface area contributed by atoms with Gasteiger partial charge in [-0.05, 0) is 38.3 Å². The van der Waals surface area contributed by atoms with Gasteiger partial charge in [0, 0.05) is 22.9 Å². The van der Waals surface area contributed by atoms with E-state index in [4.69, 9.17) is 4.74 Å². The van der Waals surface area contributed by atoms with Crippen molar-refractivity contribution in [3.63, 3.8) is 0 Å². The second-order valence-corrected chi connectivity index (χ2v) is 7.25. The van der Waals surface area contributed by atoms with E-state index in [1.165, 1.54) is 9.75 Å². The largest absolute Gasteiger partial charge is 0.380 e. The molecule has 118 valence electrons. The van der Waals surface area contributed by atoms with Crippen molar-refractivity contribution in [3.8, 4) is 0 Å². The molecule has 2 heterocycles. The number of aryl methyl sites for hydroxylation is 1. The first-order valence-electron chi connectivity index (χ1n) is 7.73. The number of carbonyl (C=O) groups excluding carboxylic acids is 1. The van der Waals surface area contributed by atoms with Crippen molar-refractivity contribution in [2.75, 3.05) is 19.8 Å². The monoisotopic (exact) mass is 310 g/mol. The maximum atomic E-state index is 12.6. The lowest BCUT2D eigenvalue weighted by Gasteiger charge is -2.23. The summed E-state index contributed by atoms with van der Waals surface area (Å²) in [7, 11) is 0. The van der Waals surface area contributed by atoms with Crippen LogP contribution in [0.2, 0.25) is 0 Å². The summed E-state index contributed by atoms with van der Waals surface area (Å²) < 4.78 is 5.43. The van der Waals surface area contributed by atoms with Gasteiger partial charge in [-0.1, -0.05) is 13.8 Å². The number of rotatable bonds is 7. The summed E-state index contributed by atoms with van der Waals surface area (Å²) in [5.74, 6) is 0.712. The van der Waals surface area contributed by atoms with Crippen molar-refractivity contribution < 1.29 is 9.53 Å². The zero-order chi connectivity index (χ0) is 15.4. The molecule has 5 heteroatoms. The van der Waals surface area contributed by atoms with Crippen LogP contribution < -0.4 is 5.32 Å². The van der Waals surface area contributed by atoms with Crippen LogP contribution in [0.1, 0.15) is 43.1 Å². The van der Waals surface area contributed by atoms with Crippen molar-refractivity contribution in [3.05, 3.63) is 21.9 Å². The Hall–Kier alpha value is -0.910. The van der Waals surface area contributed by atoms with Gasteiger partial charge in [-0.15, -0.1) is 11.3 Å². The molecule has 2 rings (SSSR count). The first-order chi connectivity index (χ1) is 10.0. The summed E-state index contributed by atoms with van der Waals surface area (Å²) >= 11 is 1.75. The zero-order valence-corrected chi connectivity index (χ0v) is 14.2. The molecule has 1 fully saturated rings. The molecule has 21 heavy (non-hydrogen) atoms. The molecule has 1 N–H and O–H groups in total. The molecular weight excluding hydrogens is 284 g/mol. The zero-order valence-electron chi connectivity index (χ0n) is 13.4. The third-order valence-electron chi connectivity index (χ3n) is 3.67. The van der Waals surface area contributed by atoms with Gasteiger partial charge in [-0.3, -0.25) is 10.1 Å². The van der Waals surface area contributed by atoms with Gasteiger partial charge in [0.1, 0.15) is 6.17 Å². The Morgan fingerprint density at radius 3 is 2.76 bits per heavy atom. The summed E-state index contributed by atoms with van der Waals surface area (Å²) in [5.41, 5.74) is 0. The predicted molar refractivity (Wildman–Crippen MR) is 86.4 cm³/mol. The Balaban J connectivity index is 2.12. The topological polar surface area (TPSA) is 41.6 Å². The van der Waals surface area contributed by atoms with E-state index >= 15 is 0 Å². The number of nitrogens with zero attached hydrogens (tertiary/aromatic N) is 1. The molecule has 0 aromatic carbocycles. The van der Waals surface area contributed by atoms with E-state index < -0.39 is 0 Å². The molecule has 0 radical (unpaired) electrons. The fourth-order valence-electron chi connectivity index (χ4n) is 2.70. The molecule has 0 bridgehead atoms. The van der Waals surface area contributed by atoms with Crippen LogP contribution in [-0.4, -0.2) is 36.6 Å². The van der Waals surface area contributed by atoms with Crippen LogP contribution in [0.5, 0.6) is 0 Å². The highest BCUT2D eigenvalue weighted by atomic mass is 32.1. The minimum atomic E-state index is -0.0703. The highest BCUT2D eigenvalue weighted by molar-refractivity contribution is 7.12. The fourth-order valence-corrected chi connectivity index (χ4v) is 3.65. The van der Waals surface area contributed by atoms with Gasteiger partial charge in [0.25, 0.3) is 0 Å². The standard InChI is InChI=1S/C16H26N2O2S/c1-5-20-9-8-18-15(14-7-6-12(4)21-14)17-13(16(18)19)10-11(2)3/h6-7,11,13,15,17H,5,8-10H2,1-4H3. The highest BCUT2D eigenvalue weighted by Gasteiger charge is 2.39. The smallest absolute Gasteiger partial charge is 0.241 e. The molecule has 1 aliphatic heterocycles. The summed E-state index contributed by atoms with van der Waals surface area (Å²) in [4.78, 5) is 17.1. The number of carbonyl (C=O) groups is 1. The summed E-state index contributed by atoms with van der Waals surface area (Å²) in [6, 6.07) is 4.16. The first-order valence-corrected chi connectivity index (χ1v) is 8.55. The van der Waals surface area contributed by atoms with Gasteiger partial charge in [0.2, 0.25) is 5.91 Å². The van der Waals surface area contributed by atoms with Crippen molar-refractivity contribution in [1.82, 2.24) is 10.2 Å². The first kappa shape index (κ1) is 16.5. The van der Waals surface area contributed by atoms with Crippen molar-refractivity contribution in [2.24, 2.45) is 5.92 Å². The van der Waals surface area contributed by atoms with Crippen molar-refractivity contribution >= 4 is 17.2 Å². The maximum Gasteiger partial charge on any atom is 0.241 e. The molecule has 1 amide bonds. The van der Waals surface area contributed by atoms with Crippen molar-refractivity contribution in [2.45, 2.75) is 46.3 Å². The lowest BCUT2D eigenvalue weighted by molar-refractivity contribution is -0.131. The molecule has 0 spiro atoms. The molecule has 1 aromatic heterocycles. The predicted octanol–water partition coefficient (Wildman–Crippen LogP) is 2.94. The number of ether oxygens (including phenoxy) is 1. The van der Waals surface area contributed by atoms with Gasteiger partial charge >= 0.3 is 0 Å². The van der Waals surface area contributed by atoms with Crippen LogP contribution in [0.15, 0.2) is 12.1 Å². The van der Waals surface area contributed by atoms with E-state index in [-0.39, 0.29) is 18.1 Å². The van der Waals surface area contributed by atoms with E-state index in [0.717, 1.165) is 6.42 Å². The third-order valence-corrected chi connectivity index (χ3v) is 4.72. The molecule has 4 nitrogen and oxygen atoms in total. The Bertz CT molecular complexity index is 473. The van der Waals surface area contributed by atoms with Crippen molar-refractivity contribution in [1.29, 1.82) is 0 Å². The van der Waals surface area contributed by atoms with Crippen LogP contribution in [0.4, 0.5) is 0 Å². The quantitative estimate of drug-likeness (QED) is 0.787. The average molecular weight is 310 g/mol. The van der Waals surface area contributed by atoms with Crippen LogP contribution in [-0.2, 0) is 9.53 Å². The second-order valence-electron chi connectivity index (χ2n) is 5.93. The Kier molecular flexibility index (Phi) is 5.79. The molecule has 2 atom stereocenters. The van der Waals surface area contributed by atoms with Crippen LogP contribution >= 0.6 is 11.3 Å². The Morgan fingerprint density at radius 2 is 2.19 bits per heavy atom. The van der Waals surface area contributed by atoms with Gasteiger partial charge in [-0.25, -0.2) is 0 Å². The summed E-state index contributed by atoms with van der Waals surface area (Å²) in [5, 5.41) is 3.51. The minimum absolute atomic E-state index is 0.000376. The number of thiophene rings is 1. The van der Waals surface area contributed by atoms with Crippen LogP contribution in [0, 0.1) is 12.8 Å². The van der Waals surface area contributed by atoms with E-state index in [1.807, 2.05) is 11.8 Å². The molecule has 1 aliphatic rings. The number of amides is 1. The minimum Gasteiger partial charge on any atom is -0.380 e. The molecule has 0 aliphatic carbocycles. The van der Waals surface area contributed by atoms with E-state index in [2.05, 4.69) is 38.2 Å². The maximum absolute atomic E-state index is 12.6. The van der Waals surface area contributed by atoms with Gasteiger partial charge in [0.15, 0.2) is 0 Å². The second kappa shape index (κ2) is 7.38. The number of hydrogen-bond donors (Lipinski definition) is 1. The van der Waals surface area contributed by atoms with Gasteiger partial charge in [0.05, 0.1) is 12.6 Å². The van der Waals surface area contributed by atoms with E-state index in [9.17, 15) is 4.79 Å². The van der Waals surface area contributed by atoms with Gasteiger partial charge < -0.3 is 9.64 Å². The van der Waals surface area contributed by atoms with Gasteiger partial charge in [-0.2, -0.15) is 0 Å². The Labute approximate surface area is 131 Å². The van der Waals surface area contributed by atoms with E-state index in [0.29, 0.717) is 25.7 Å². The molecule has 0 saturated carbocycles. The molecule has 2 unspecified atom stereocenters. The summed E-state index contributed by atoms with van der Waals surface area (Å²) in [6.07, 6.45) is 0.880. The molecular formula is C16H26N2O2S. The average Bonchev–Trinajstić information content (AvgIpc) is 2.96. The fraction of sp³-hybridized carbons (Fsp3) is 0.688. The lowest BCUT2D eigenvalue weighted by Crippen LogP contribution is -2.34. The SMILES string of the molecule is CCOCCN1C(=O)C(CC(C)C)NC1c1ccc(C)s1. The third kappa shape index (κ3) is 4.05. The number of hydrogen-bond acceptors (Lipinski definition) is 4. The van der Waals surface area contributed by atoms with Crippen LogP contribution in [0.25, 0.3) is 0 Å².